The van der Waals surface area contributed by atoms with Gasteiger partial charge in [0.2, 0.25) is 0 Å². The molecule has 0 saturated carbocycles. The third kappa shape index (κ3) is 5.55. The summed E-state index contributed by atoms with van der Waals surface area (Å²) in [6, 6.07) is 6.94. The van der Waals surface area contributed by atoms with Crippen molar-refractivity contribution in [2.75, 3.05) is 7.05 Å². The summed E-state index contributed by atoms with van der Waals surface area (Å²) in [5, 5.41) is 2.54. The van der Waals surface area contributed by atoms with Crippen molar-refractivity contribution in [1.29, 1.82) is 0 Å². The van der Waals surface area contributed by atoms with Crippen LogP contribution in [0.1, 0.15) is 19.4 Å². The van der Waals surface area contributed by atoms with Gasteiger partial charge in [-0.2, -0.15) is 0 Å². The number of likely N-dealkylation sites (N-methyl/N-ethyl adjacent to an activating group) is 1. The first kappa shape index (κ1) is 16.4. The van der Waals surface area contributed by atoms with E-state index in [4.69, 9.17) is 6.13 Å². The van der Waals surface area contributed by atoms with Gasteiger partial charge in [0, 0.05) is 0 Å². The first-order valence-electron chi connectivity index (χ1n) is 5.80. The van der Waals surface area contributed by atoms with E-state index >= 15 is 0 Å². The van der Waals surface area contributed by atoms with Crippen molar-refractivity contribution >= 4 is 38.5 Å². The van der Waals surface area contributed by atoms with Crippen LogP contribution in [-0.4, -0.2) is 24.9 Å². The van der Waals surface area contributed by atoms with Crippen LogP contribution in [0, 0.1) is 3.57 Å². The number of hydrogen-bond acceptors (Lipinski definition) is 5. The van der Waals surface area contributed by atoms with E-state index in [-0.39, 0.29) is 12.3 Å². The van der Waals surface area contributed by atoms with Crippen LogP contribution in [0.2, 0.25) is 0 Å². The number of carbonyl (C=O) groups excluding carboxylic acids is 3. The van der Waals surface area contributed by atoms with Gasteiger partial charge in [0.15, 0.2) is 0 Å². The molecule has 0 saturated heterocycles. The van der Waals surface area contributed by atoms with Gasteiger partial charge in [0.25, 0.3) is 0 Å². The summed E-state index contributed by atoms with van der Waals surface area (Å²) in [5.41, 5.74) is 0.828. The molecule has 1 amide bonds. The normalized spacial score (nSPS) is 10.4. The molecule has 0 aliphatic rings. The first-order valence-corrected chi connectivity index (χ1v) is 8.64. The number of rotatable bonds is 5. The SMILES string of the molecule is CNC(=O)Cc1ccc(I(OC(C)=O)OC(C)=O)cc1. The molecular weight excluding hydrogens is 377 g/mol. The second-order valence-electron chi connectivity index (χ2n) is 3.83. The average molecular weight is 393 g/mol. The number of nitrogens with one attached hydrogen (secondary N) is 1. The van der Waals surface area contributed by atoms with Crippen LogP contribution >= 0.6 is 20.6 Å². The van der Waals surface area contributed by atoms with Crippen molar-refractivity contribution in [2.24, 2.45) is 0 Å². The summed E-state index contributed by atoms with van der Waals surface area (Å²) in [4.78, 5) is 33.3. The molecule has 0 radical (unpaired) electrons. The maximum absolute atomic E-state index is 11.3. The monoisotopic (exact) mass is 393 g/mol. The van der Waals surface area contributed by atoms with Crippen molar-refractivity contribution in [1.82, 2.24) is 5.32 Å². The van der Waals surface area contributed by atoms with E-state index in [1.165, 1.54) is 13.8 Å². The van der Waals surface area contributed by atoms with Gasteiger partial charge in [0.05, 0.1) is 0 Å². The number of hydrogen-bond donors (Lipinski definition) is 1. The number of amides is 1. The van der Waals surface area contributed by atoms with Gasteiger partial charge in [-0.25, -0.2) is 0 Å². The summed E-state index contributed by atoms with van der Waals surface area (Å²) in [6.45, 7) is 2.54. The van der Waals surface area contributed by atoms with Gasteiger partial charge in [-0.1, -0.05) is 0 Å². The van der Waals surface area contributed by atoms with Crippen LogP contribution < -0.4 is 5.32 Å². The minimum atomic E-state index is -2.76. The molecule has 0 aromatic heterocycles. The van der Waals surface area contributed by atoms with Crippen molar-refractivity contribution < 1.29 is 20.5 Å². The fourth-order valence-corrected chi connectivity index (χ4v) is 3.95. The molecular formula is C13H16INO5. The summed E-state index contributed by atoms with van der Waals surface area (Å²) in [5.74, 6) is -1.05. The molecule has 110 valence electrons. The molecule has 0 heterocycles. The second-order valence-corrected chi connectivity index (χ2v) is 7.20. The molecule has 0 spiro atoms. The zero-order chi connectivity index (χ0) is 15.1. The Hall–Kier alpha value is -1.64. The average Bonchev–Trinajstić information content (AvgIpc) is 2.37. The van der Waals surface area contributed by atoms with Crippen LogP contribution in [0.3, 0.4) is 0 Å². The van der Waals surface area contributed by atoms with Crippen molar-refractivity contribution in [3.05, 3.63) is 33.4 Å². The van der Waals surface area contributed by atoms with E-state index in [0.29, 0.717) is 3.57 Å². The van der Waals surface area contributed by atoms with Crippen LogP contribution in [0.4, 0.5) is 0 Å². The Morgan fingerprint density at radius 1 is 1.05 bits per heavy atom. The van der Waals surface area contributed by atoms with E-state index in [9.17, 15) is 14.4 Å². The molecule has 1 rings (SSSR count). The number of halogens is 1. The van der Waals surface area contributed by atoms with Crippen LogP contribution in [-0.2, 0) is 26.9 Å². The second kappa shape index (κ2) is 7.83. The first-order chi connectivity index (χ1) is 9.42. The molecule has 1 aromatic carbocycles. The van der Waals surface area contributed by atoms with Gasteiger partial charge in [-0.15, -0.1) is 0 Å². The fourth-order valence-electron chi connectivity index (χ4n) is 1.28. The summed E-state index contributed by atoms with van der Waals surface area (Å²) in [7, 11) is 1.57. The molecule has 0 atom stereocenters. The molecule has 0 fully saturated rings. The molecule has 1 aromatic rings. The van der Waals surface area contributed by atoms with E-state index in [1.807, 2.05) is 0 Å². The van der Waals surface area contributed by atoms with Crippen LogP contribution in [0.25, 0.3) is 0 Å². The predicted molar refractivity (Wildman–Crippen MR) is 80.5 cm³/mol. The van der Waals surface area contributed by atoms with E-state index < -0.39 is 32.6 Å². The zero-order valence-corrected chi connectivity index (χ0v) is 13.6. The topological polar surface area (TPSA) is 81.7 Å². The quantitative estimate of drug-likeness (QED) is 0.769. The molecule has 6 nitrogen and oxygen atoms in total. The standard InChI is InChI=1S/C13H16INO5/c1-9(16)19-14(20-10(2)17)12-6-4-11(5-7-12)8-13(18)15-3/h4-7H,8H2,1-3H3,(H,15,18). The molecule has 1 N–H and O–H groups in total. The summed E-state index contributed by atoms with van der Waals surface area (Å²) in [6.07, 6.45) is 0.270. The van der Waals surface area contributed by atoms with Gasteiger partial charge < -0.3 is 0 Å². The van der Waals surface area contributed by atoms with Crippen molar-refractivity contribution in [2.45, 2.75) is 20.3 Å². The Kier molecular flexibility index (Phi) is 6.43. The van der Waals surface area contributed by atoms with Crippen molar-refractivity contribution in [3.63, 3.8) is 0 Å². The maximum atomic E-state index is 11.3. The summed E-state index contributed by atoms with van der Waals surface area (Å²) >= 11 is -2.76. The van der Waals surface area contributed by atoms with Gasteiger partial charge in [-0.3, -0.25) is 0 Å². The van der Waals surface area contributed by atoms with Gasteiger partial charge in [0.1, 0.15) is 0 Å². The summed E-state index contributed by atoms with van der Waals surface area (Å²) < 4.78 is 10.9. The number of carbonyl (C=O) groups is 3. The third-order valence-corrected chi connectivity index (χ3v) is 5.87. The minimum absolute atomic E-state index is 0.0897. The fraction of sp³-hybridized carbons (Fsp3) is 0.308. The van der Waals surface area contributed by atoms with Crippen molar-refractivity contribution in [3.8, 4) is 0 Å². The molecule has 0 unspecified atom stereocenters. The molecule has 0 aliphatic carbocycles. The Balaban J connectivity index is 2.83. The van der Waals surface area contributed by atoms with E-state index in [2.05, 4.69) is 5.32 Å². The number of benzene rings is 1. The Morgan fingerprint density at radius 2 is 1.55 bits per heavy atom. The molecule has 0 aliphatic heterocycles. The van der Waals surface area contributed by atoms with E-state index in [0.717, 1.165) is 5.56 Å². The van der Waals surface area contributed by atoms with E-state index in [1.54, 1.807) is 31.3 Å². The van der Waals surface area contributed by atoms with Gasteiger partial charge >= 0.3 is 125 Å². The predicted octanol–water partition coefficient (Wildman–Crippen LogP) is 1.61. The molecule has 0 bridgehead atoms. The Morgan fingerprint density at radius 3 is 1.95 bits per heavy atom. The van der Waals surface area contributed by atoms with Crippen LogP contribution in [0.5, 0.6) is 0 Å². The zero-order valence-electron chi connectivity index (χ0n) is 11.4. The molecule has 20 heavy (non-hydrogen) atoms. The molecule has 7 heteroatoms. The Bertz CT molecular complexity index is 484. The Labute approximate surface area is 125 Å². The van der Waals surface area contributed by atoms with Crippen LogP contribution in [0.15, 0.2) is 24.3 Å². The van der Waals surface area contributed by atoms with Gasteiger partial charge in [-0.05, 0) is 0 Å². The third-order valence-electron chi connectivity index (χ3n) is 2.09.